The fourth-order valence-electron chi connectivity index (χ4n) is 1.70. The van der Waals surface area contributed by atoms with E-state index in [4.69, 9.17) is 10.00 Å². The summed E-state index contributed by atoms with van der Waals surface area (Å²) in [5.74, 6) is 0.774. The summed E-state index contributed by atoms with van der Waals surface area (Å²) in [4.78, 5) is 0. The third-order valence-corrected chi connectivity index (χ3v) is 3.16. The molecule has 0 aliphatic heterocycles. The third kappa shape index (κ3) is 3.24. The van der Waals surface area contributed by atoms with Gasteiger partial charge in [-0.25, -0.2) is 0 Å². The van der Waals surface area contributed by atoms with Crippen LogP contribution in [0, 0.1) is 16.7 Å². The molecule has 0 radical (unpaired) electrons. The Hall–Kier alpha value is -1.53. The van der Waals surface area contributed by atoms with E-state index in [-0.39, 0.29) is 6.10 Å². The van der Waals surface area contributed by atoms with Crippen molar-refractivity contribution in [1.29, 1.82) is 5.26 Å². The molecule has 0 fully saturated rings. The van der Waals surface area contributed by atoms with E-state index >= 15 is 0 Å². The van der Waals surface area contributed by atoms with E-state index in [2.05, 4.69) is 6.07 Å². The molecule has 0 amide bonds. The topological polar surface area (TPSA) is 53.2 Å². The Bertz CT molecular complexity index is 419. The first-order chi connectivity index (χ1) is 8.42. The van der Waals surface area contributed by atoms with Gasteiger partial charge in [0.2, 0.25) is 0 Å². The highest BCUT2D eigenvalue weighted by Crippen LogP contribution is 2.36. The fourth-order valence-corrected chi connectivity index (χ4v) is 1.70. The lowest BCUT2D eigenvalue weighted by atomic mass is 9.80. The second-order valence-corrected chi connectivity index (χ2v) is 5.02. The van der Waals surface area contributed by atoms with E-state index in [0.29, 0.717) is 6.42 Å². The minimum absolute atomic E-state index is 0.126. The SMILES string of the molecule is CCC(C)(C#N)C(O)c1ccc(OC(C)C)cc1. The lowest BCUT2D eigenvalue weighted by Crippen LogP contribution is -2.22. The highest BCUT2D eigenvalue weighted by atomic mass is 16.5. The van der Waals surface area contributed by atoms with Gasteiger partial charge in [-0.1, -0.05) is 19.1 Å². The Kier molecular flexibility index (Phi) is 4.75. The van der Waals surface area contributed by atoms with Crippen LogP contribution in [0.5, 0.6) is 5.75 Å². The van der Waals surface area contributed by atoms with Crippen LogP contribution in [0.25, 0.3) is 0 Å². The number of aliphatic hydroxyl groups is 1. The first-order valence-corrected chi connectivity index (χ1v) is 6.29. The van der Waals surface area contributed by atoms with Crippen molar-refractivity contribution in [3.8, 4) is 11.8 Å². The van der Waals surface area contributed by atoms with Gasteiger partial charge in [-0.3, -0.25) is 0 Å². The third-order valence-electron chi connectivity index (χ3n) is 3.16. The molecule has 2 atom stereocenters. The Morgan fingerprint density at radius 2 is 1.89 bits per heavy atom. The maximum Gasteiger partial charge on any atom is 0.119 e. The minimum Gasteiger partial charge on any atom is -0.491 e. The van der Waals surface area contributed by atoms with E-state index in [0.717, 1.165) is 11.3 Å². The molecule has 18 heavy (non-hydrogen) atoms. The van der Waals surface area contributed by atoms with Gasteiger partial charge in [0.15, 0.2) is 0 Å². The van der Waals surface area contributed by atoms with Crippen LogP contribution in [-0.4, -0.2) is 11.2 Å². The fraction of sp³-hybridized carbons (Fsp3) is 0.533. The Labute approximate surface area is 109 Å². The van der Waals surface area contributed by atoms with Crippen molar-refractivity contribution in [2.45, 2.75) is 46.3 Å². The maximum absolute atomic E-state index is 10.2. The van der Waals surface area contributed by atoms with E-state index < -0.39 is 11.5 Å². The molecule has 2 unspecified atom stereocenters. The van der Waals surface area contributed by atoms with Crippen LogP contribution in [0.3, 0.4) is 0 Å². The molecule has 1 aromatic rings. The zero-order valence-corrected chi connectivity index (χ0v) is 11.5. The van der Waals surface area contributed by atoms with Crippen LogP contribution in [-0.2, 0) is 0 Å². The summed E-state index contributed by atoms with van der Waals surface area (Å²) in [6.45, 7) is 7.61. The van der Waals surface area contributed by atoms with Crippen molar-refractivity contribution in [3.05, 3.63) is 29.8 Å². The van der Waals surface area contributed by atoms with Crippen LogP contribution >= 0.6 is 0 Å². The van der Waals surface area contributed by atoms with Gasteiger partial charge in [0.1, 0.15) is 5.75 Å². The summed E-state index contributed by atoms with van der Waals surface area (Å²) in [6, 6.07) is 9.47. The Morgan fingerprint density at radius 3 is 2.28 bits per heavy atom. The number of ether oxygens (including phenoxy) is 1. The van der Waals surface area contributed by atoms with Gasteiger partial charge in [0.25, 0.3) is 0 Å². The number of rotatable bonds is 5. The summed E-state index contributed by atoms with van der Waals surface area (Å²) in [5, 5.41) is 19.4. The average Bonchev–Trinajstić information content (AvgIpc) is 2.37. The maximum atomic E-state index is 10.2. The normalized spacial score (nSPS) is 15.8. The molecule has 0 spiro atoms. The summed E-state index contributed by atoms with van der Waals surface area (Å²) < 4.78 is 5.54. The number of hydrogen-bond acceptors (Lipinski definition) is 3. The molecular weight excluding hydrogens is 226 g/mol. The van der Waals surface area contributed by atoms with Gasteiger partial charge < -0.3 is 9.84 Å². The van der Waals surface area contributed by atoms with Gasteiger partial charge >= 0.3 is 0 Å². The van der Waals surface area contributed by atoms with Crippen molar-refractivity contribution in [2.75, 3.05) is 0 Å². The quantitative estimate of drug-likeness (QED) is 0.867. The number of nitriles is 1. The molecule has 0 heterocycles. The molecule has 0 saturated heterocycles. The van der Waals surface area contributed by atoms with Crippen molar-refractivity contribution < 1.29 is 9.84 Å². The van der Waals surface area contributed by atoms with Crippen LogP contribution < -0.4 is 4.74 Å². The molecule has 0 aromatic heterocycles. The molecule has 0 bridgehead atoms. The average molecular weight is 247 g/mol. The minimum atomic E-state index is -0.777. The number of hydrogen-bond donors (Lipinski definition) is 1. The molecule has 1 aromatic carbocycles. The largest absolute Gasteiger partial charge is 0.491 e. The van der Waals surface area contributed by atoms with Gasteiger partial charge in [-0.2, -0.15) is 5.26 Å². The van der Waals surface area contributed by atoms with Crippen molar-refractivity contribution in [2.24, 2.45) is 5.41 Å². The van der Waals surface area contributed by atoms with Crippen molar-refractivity contribution >= 4 is 0 Å². The zero-order chi connectivity index (χ0) is 13.8. The van der Waals surface area contributed by atoms with Gasteiger partial charge in [-0.15, -0.1) is 0 Å². The van der Waals surface area contributed by atoms with Crippen molar-refractivity contribution in [3.63, 3.8) is 0 Å². The first kappa shape index (κ1) is 14.5. The zero-order valence-electron chi connectivity index (χ0n) is 11.5. The summed E-state index contributed by atoms with van der Waals surface area (Å²) in [5.41, 5.74) is -0.00235. The predicted molar refractivity (Wildman–Crippen MR) is 71.2 cm³/mol. The van der Waals surface area contributed by atoms with Gasteiger partial charge in [0, 0.05) is 0 Å². The Balaban J connectivity index is 2.89. The van der Waals surface area contributed by atoms with E-state index in [1.165, 1.54) is 0 Å². The second-order valence-electron chi connectivity index (χ2n) is 5.02. The lowest BCUT2D eigenvalue weighted by molar-refractivity contribution is 0.0721. The van der Waals surface area contributed by atoms with Crippen molar-refractivity contribution in [1.82, 2.24) is 0 Å². The Morgan fingerprint density at radius 1 is 1.33 bits per heavy atom. The van der Waals surface area contributed by atoms with Crippen LogP contribution in [0.1, 0.15) is 45.8 Å². The van der Waals surface area contributed by atoms with E-state index in [9.17, 15) is 5.11 Å². The molecular formula is C15H21NO2. The lowest BCUT2D eigenvalue weighted by Gasteiger charge is -2.26. The van der Waals surface area contributed by atoms with Gasteiger partial charge in [-0.05, 0) is 44.9 Å². The molecule has 3 heteroatoms. The van der Waals surface area contributed by atoms with Crippen LogP contribution in [0.4, 0.5) is 0 Å². The number of aliphatic hydroxyl groups excluding tert-OH is 1. The number of benzene rings is 1. The summed E-state index contributed by atoms with van der Waals surface area (Å²) >= 11 is 0. The summed E-state index contributed by atoms with van der Waals surface area (Å²) in [7, 11) is 0. The molecule has 1 N–H and O–H groups in total. The van der Waals surface area contributed by atoms with E-state index in [1.54, 1.807) is 6.92 Å². The molecule has 3 nitrogen and oxygen atoms in total. The van der Waals surface area contributed by atoms with Gasteiger partial charge in [0.05, 0.1) is 23.7 Å². The monoisotopic (exact) mass is 247 g/mol. The van der Waals surface area contributed by atoms with E-state index in [1.807, 2.05) is 45.0 Å². The predicted octanol–water partition coefficient (Wildman–Crippen LogP) is 3.45. The first-order valence-electron chi connectivity index (χ1n) is 6.29. The highest BCUT2D eigenvalue weighted by Gasteiger charge is 2.32. The highest BCUT2D eigenvalue weighted by molar-refractivity contribution is 5.30. The molecule has 98 valence electrons. The molecule has 0 aliphatic carbocycles. The smallest absolute Gasteiger partial charge is 0.119 e. The summed E-state index contributed by atoms with van der Waals surface area (Å²) in [6.07, 6.45) is -0.0454. The van der Waals surface area contributed by atoms with Crippen LogP contribution in [0.15, 0.2) is 24.3 Å². The second kappa shape index (κ2) is 5.88. The standard InChI is InChI=1S/C15H21NO2/c1-5-15(4,10-16)14(17)12-6-8-13(9-7-12)18-11(2)3/h6-9,11,14,17H,5H2,1-4H3. The molecule has 0 saturated carbocycles. The molecule has 1 rings (SSSR count). The van der Waals surface area contributed by atoms with Crippen LogP contribution in [0.2, 0.25) is 0 Å². The molecule has 0 aliphatic rings. The number of nitrogens with zero attached hydrogens (tertiary/aromatic N) is 1.